The normalized spacial score (nSPS) is 14.9. The number of H-pyrrole nitrogens is 1. The van der Waals surface area contributed by atoms with Gasteiger partial charge in [-0.05, 0) is 36.2 Å². The summed E-state index contributed by atoms with van der Waals surface area (Å²) in [5.41, 5.74) is 0.156. The molecule has 1 atom stereocenters. The summed E-state index contributed by atoms with van der Waals surface area (Å²) in [5.74, 6) is -1.93. The van der Waals surface area contributed by atoms with Gasteiger partial charge in [0.25, 0.3) is 12.0 Å². The molecule has 0 spiro atoms. The Morgan fingerprint density at radius 2 is 2.00 bits per heavy atom. The number of carbonyl (C=O) groups is 1. The maximum absolute atomic E-state index is 13.8. The molecule has 2 aromatic rings. The average Bonchev–Trinajstić information content (AvgIpc) is 2.61. The summed E-state index contributed by atoms with van der Waals surface area (Å²) in [6, 6.07) is 0.986. The molecule has 1 aliphatic rings. The van der Waals surface area contributed by atoms with Gasteiger partial charge in [-0.15, -0.1) is 0 Å². The van der Waals surface area contributed by atoms with Crippen molar-refractivity contribution in [3.8, 4) is 0 Å². The van der Waals surface area contributed by atoms with Crippen molar-refractivity contribution in [3.05, 3.63) is 69.1 Å². The van der Waals surface area contributed by atoms with E-state index in [1.165, 1.54) is 11.1 Å². The van der Waals surface area contributed by atoms with Crippen molar-refractivity contribution in [2.75, 3.05) is 6.54 Å². The van der Waals surface area contributed by atoms with E-state index in [-0.39, 0.29) is 18.6 Å². The van der Waals surface area contributed by atoms with Crippen LogP contribution in [0.25, 0.3) is 0 Å². The van der Waals surface area contributed by atoms with E-state index in [9.17, 15) is 27.2 Å². The number of fused-ring (bicyclic) bond motifs is 1. The maximum atomic E-state index is 13.8. The lowest BCUT2D eigenvalue weighted by molar-refractivity contribution is 0.0938. The second-order valence-corrected chi connectivity index (χ2v) is 5.91. The third-order valence-corrected chi connectivity index (χ3v) is 4.27. The van der Waals surface area contributed by atoms with Gasteiger partial charge in [-0.3, -0.25) is 4.79 Å². The van der Waals surface area contributed by atoms with Crippen LogP contribution in [0.2, 0.25) is 0 Å². The lowest BCUT2D eigenvalue weighted by atomic mass is 10.0. The van der Waals surface area contributed by atoms with Gasteiger partial charge in [-0.2, -0.15) is 0 Å². The number of halogens is 4. The van der Waals surface area contributed by atoms with Gasteiger partial charge >= 0.3 is 6.03 Å². The number of amides is 2. The van der Waals surface area contributed by atoms with Gasteiger partial charge in [-0.25, -0.2) is 22.4 Å². The van der Waals surface area contributed by atoms with Gasteiger partial charge < -0.3 is 15.2 Å². The van der Waals surface area contributed by atoms with Crippen LogP contribution < -0.4 is 10.9 Å². The topological polar surface area (TPSA) is 65.2 Å². The molecule has 0 saturated heterocycles. The summed E-state index contributed by atoms with van der Waals surface area (Å²) in [4.78, 5) is 27.9. The first-order valence-electron chi connectivity index (χ1n) is 7.85. The molecule has 1 unspecified atom stereocenters. The SMILES string of the molecule is O=C(NC(c1cc(F)ccc1F)C(F)F)N1CCc2cc[nH]c(=O)c2C1. The summed E-state index contributed by atoms with van der Waals surface area (Å²) < 4.78 is 53.8. The molecule has 1 aromatic heterocycles. The van der Waals surface area contributed by atoms with E-state index in [0.717, 1.165) is 17.7 Å². The fraction of sp³-hybridized carbons (Fsp3) is 0.294. The zero-order valence-corrected chi connectivity index (χ0v) is 13.4. The predicted molar refractivity (Wildman–Crippen MR) is 84.8 cm³/mol. The minimum Gasteiger partial charge on any atom is -0.329 e. The number of hydrogen-bond acceptors (Lipinski definition) is 2. The highest BCUT2D eigenvalue weighted by molar-refractivity contribution is 5.75. The minimum absolute atomic E-state index is 0.0566. The quantitative estimate of drug-likeness (QED) is 0.817. The molecule has 9 heteroatoms. The fourth-order valence-corrected chi connectivity index (χ4v) is 2.91. The largest absolute Gasteiger partial charge is 0.329 e. The Kier molecular flexibility index (Phi) is 4.97. The van der Waals surface area contributed by atoms with Crippen molar-refractivity contribution in [1.82, 2.24) is 15.2 Å². The van der Waals surface area contributed by atoms with Crippen LogP contribution >= 0.6 is 0 Å². The van der Waals surface area contributed by atoms with Crippen LogP contribution in [0.4, 0.5) is 22.4 Å². The number of aromatic amines is 1. The van der Waals surface area contributed by atoms with Crippen LogP contribution in [0, 0.1) is 11.6 Å². The Balaban J connectivity index is 1.80. The van der Waals surface area contributed by atoms with E-state index in [4.69, 9.17) is 0 Å². The standard InChI is InChI=1S/C17H15F4N3O2/c18-10-1-2-13(19)11(7-10)14(15(20)21)23-17(26)24-6-4-9-3-5-22-16(25)12(9)8-24/h1-3,5,7,14-15H,4,6,8H2,(H,22,25)(H,23,26). The fourth-order valence-electron chi connectivity index (χ4n) is 2.91. The second-order valence-electron chi connectivity index (χ2n) is 5.91. The molecule has 0 saturated carbocycles. The van der Waals surface area contributed by atoms with Gasteiger partial charge in [-0.1, -0.05) is 0 Å². The third-order valence-electron chi connectivity index (χ3n) is 4.27. The molecule has 0 fully saturated rings. The van der Waals surface area contributed by atoms with Crippen molar-refractivity contribution < 1.29 is 22.4 Å². The molecule has 3 rings (SSSR count). The van der Waals surface area contributed by atoms with Crippen molar-refractivity contribution in [2.24, 2.45) is 0 Å². The number of urea groups is 1. The molecule has 1 aliphatic heterocycles. The first kappa shape index (κ1) is 18.0. The lowest BCUT2D eigenvalue weighted by Crippen LogP contribution is -2.46. The van der Waals surface area contributed by atoms with Crippen molar-refractivity contribution in [3.63, 3.8) is 0 Å². The number of carbonyl (C=O) groups excluding carboxylic acids is 1. The third kappa shape index (κ3) is 3.56. The molecule has 0 radical (unpaired) electrons. The molecule has 5 nitrogen and oxygen atoms in total. The summed E-state index contributed by atoms with van der Waals surface area (Å²) in [6.07, 6.45) is -1.26. The molecular weight excluding hydrogens is 354 g/mol. The van der Waals surface area contributed by atoms with E-state index in [0.29, 0.717) is 18.1 Å². The summed E-state index contributed by atoms with van der Waals surface area (Å²) in [7, 11) is 0. The van der Waals surface area contributed by atoms with Gasteiger partial charge in [0.15, 0.2) is 0 Å². The van der Waals surface area contributed by atoms with E-state index in [1.54, 1.807) is 6.07 Å². The van der Waals surface area contributed by atoms with E-state index < -0.39 is 35.7 Å². The van der Waals surface area contributed by atoms with Gasteiger partial charge in [0.1, 0.15) is 17.7 Å². The van der Waals surface area contributed by atoms with Crippen molar-refractivity contribution >= 4 is 6.03 Å². The molecule has 2 amide bonds. The molecule has 138 valence electrons. The number of pyridine rings is 1. The predicted octanol–water partition coefficient (Wildman–Crippen LogP) is 2.73. The van der Waals surface area contributed by atoms with E-state index in [1.807, 2.05) is 5.32 Å². The molecule has 0 aliphatic carbocycles. The molecule has 2 heterocycles. The molecule has 1 aromatic carbocycles. The van der Waals surface area contributed by atoms with Crippen LogP contribution in [-0.4, -0.2) is 28.9 Å². The highest BCUT2D eigenvalue weighted by atomic mass is 19.3. The van der Waals surface area contributed by atoms with Crippen molar-refractivity contribution in [1.29, 1.82) is 0 Å². The van der Waals surface area contributed by atoms with Crippen molar-refractivity contribution in [2.45, 2.75) is 25.4 Å². The number of nitrogens with zero attached hydrogens (tertiary/aromatic N) is 1. The monoisotopic (exact) mass is 369 g/mol. The number of hydrogen-bond donors (Lipinski definition) is 2. The Morgan fingerprint density at radius 1 is 1.23 bits per heavy atom. The first-order chi connectivity index (χ1) is 12.4. The minimum atomic E-state index is -3.14. The van der Waals surface area contributed by atoms with Gasteiger partial charge in [0.2, 0.25) is 0 Å². The van der Waals surface area contributed by atoms with Crippen LogP contribution in [0.5, 0.6) is 0 Å². The Bertz CT molecular complexity index is 885. The van der Waals surface area contributed by atoms with E-state index >= 15 is 0 Å². The van der Waals surface area contributed by atoms with Crippen LogP contribution in [0.1, 0.15) is 22.7 Å². The van der Waals surface area contributed by atoms with E-state index in [2.05, 4.69) is 4.98 Å². The smallest absolute Gasteiger partial charge is 0.318 e. The number of alkyl halides is 2. The molecular formula is C17H15F4N3O2. The number of nitrogens with one attached hydrogen (secondary N) is 2. The first-order valence-corrected chi connectivity index (χ1v) is 7.85. The van der Waals surface area contributed by atoms with Gasteiger partial charge in [0.05, 0.1) is 6.54 Å². The summed E-state index contributed by atoms with van der Waals surface area (Å²) in [6.45, 7) is 0.156. The zero-order chi connectivity index (χ0) is 18.8. The number of aromatic nitrogens is 1. The molecule has 2 N–H and O–H groups in total. The number of benzene rings is 1. The lowest BCUT2D eigenvalue weighted by Gasteiger charge is -2.30. The molecule has 26 heavy (non-hydrogen) atoms. The second kappa shape index (κ2) is 7.19. The Hall–Kier alpha value is -2.84. The highest BCUT2D eigenvalue weighted by Gasteiger charge is 2.31. The van der Waals surface area contributed by atoms with Crippen LogP contribution in [-0.2, 0) is 13.0 Å². The zero-order valence-electron chi connectivity index (χ0n) is 13.4. The molecule has 0 bridgehead atoms. The average molecular weight is 369 g/mol. The Morgan fingerprint density at radius 3 is 2.73 bits per heavy atom. The summed E-state index contributed by atoms with van der Waals surface area (Å²) >= 11 is 0. The van der Waals surface area contributed by atoms with Crippen LogP contribution in [0.15, 0.2) is 35.3 Å². The highest BCUT2D eigenvalue weighted by Crippen LogP contribution is 2.25. The maximum Gasteiger partial charge on any atom is 0.318 e. The summed E-state index contributed by atoms with van der Waals surface area (Å²) in [5, 5.41) is 2.04. The van der Waals surface area contributed by atoms with Gasteiger partial charge in [0, 0.05) is 23.9 Å². The van der Waals surface area contributed by atoms with Crippen LogP contribution in [0.3, 0.4) is 0 Å². The Labute approximate surface area is 145 Å². The number of rotatable bonds is 3.